The molecule has 5 heteroatoms. The van der Waals surface area contributed by atoms with Crippen molar-refractivity contribution in [3.63, 3.8) is 0 Å². The van der Waals surface area contributed by atoms with Crippen molar-refractivity contribution in [1.29, 1.82) is 0 Å². The quantitative estimate of drug-likeness (QED) is 0.205. The van der Waals surface area contributed by atoms with Gasteiger partial charge in [0.25, 0.3) is 0 Å². The van der Waals surface area contributed by atoms with Gasteiger partial charge in [0.15, 0.2) is 5.83 Å². The summed E-state index contributed by atoms with van der Waals surface area (Å²) in [4.78, 5) is 0. The number of rotatable bonds is 5. The van der Waals surface area contributed by atoms with Gasteiger partial charge in [0.1, 0.15) is 11.7 Å². The Morgan fingerprint density at radius 2 is 1.65 bits per heavy atom. The maximum Gasteiger partial charge on any atom is 0.163 e. The summed E-state index contributed by atoms with van der Waals surface area (Å²) in [5.41, 5.74) is -0.381. The van der Waals surface area contributed by atoms with Crippen molar-refractivity contribution in [3.8, 4) is 0 Å². The molecule has 0 heterocycles. The van der Waals surface area contributed by atoms with Crippen LogP contribution in [-0.2, 0) is 0 Å². The van der Waals surface area contributed by atoms with Crippen LogP contribution >= 0.6 is 45.2 Å². The number of hydrogen-bond donors (Lipinski definition) is 0. The van der Waals surface area contributed by atoms with Gasteiger partial charge in [-0.2, -0.15) is 0 Å². The summed E-state index contributed by atoms with van der Waals surface area (Å²) in [7, 11) is 0. The monoisotopic (exact) mass is 512 g/mol. The fraction of sp³-hybridized carbons (Fsp3) is 0.600. The predicted molar refractivity (Wildman–Crippen MR) is 97.3 cm³/mol. The highest BCUT2D eigenvalue weighted by atomic mass is 127. The molecule has 0 saturated carbocycles. The Kier molecular flexibility index (Phi) is 9.01. The summed E-state index contributed by atoms with van der Waals surface area (Å²) in [6.07, 6.45) is 2.21. The Labute approximate surface area is 147 Å². The molecule has 0 amide bonds. The summed E-state index contributed by atoms with van der Waals surface area (Å²) in [6, 6.07) is 0. The summed E-state index contributed by atoms with van der Waals surface area (Å²) in [5, 5.41) is 0. The van der Waals surface area contributed by atoms with Gasteiger partial charge in [-0.15, -0.1) is 0 Å². The first-order valence-electron chi connectivity index (χ1n) is 6.52. The first-order valence-corrected chi connectivity index (χ1v) is 8.84. The van der Waals surface area contributed by atoms with Gasteiger partial charge < -0.3 is 0 Å². The van der Waals surface area contributed by atoms with Gasteiger partial charge in [0.2, 0.25) is 0 Å². The zero-order chi connectivity index (χ0) is 16.1. The van der Waals surface area contributed by atoms with E-state index in [1.165, 1.54) is 6.08 Å². The third-order valence-corrected chi connectivity index (χ3v) is 6.20. The average Bonchev–Trinajstić information content (AvgIpc) is 2.39. The third kappa shape index (κ3) is 5.69. The van der Waals surface area contributed by atoms with Gasteiger partial charge in [-0.3, -0.25) is 0 Å². The second kappa shape index (κ2) is 8.80. The van der Waals surface area contributed by atoms with Crippen LogP contribution in [0, 0.1) is 5.41 Å². The van der Waals surface area contributed by atoms with E-state index in [1.807, 2.05) is 50.3 Å². The molecule has 0 aliphatic heterocycles. The van der Waals surface area contributed by atoms with Crippen LogP contribution in [0.5, 0.6) is 0 Å². The molecule has 0 aliphatic carbocycles. The minimum Gasteiger partial charge on any atom is -0.211 e. The lowest BCUT2D eigenvalue weighted by molar-refractivity contribution is 0.381. The standard InChI is InChI=1S/C15H21F3I2/c1-6-8-9(13(19)10(16)7-2)11(17)12(18)14(20)15(3,4)5/h8,14H,6-7H2,1-5H3/b9-8+,12-11-,13-10-/t14-/m1/s1. The molecule has 0 aliphatic rings. The molecular weight excluding hydrogens is 491 g/mol. The molecule has 0 nitrogen and oxygen atoms in total. The van der Waals surface area contributed by atoms with E-state index in [-0.39, 0.29) is 15.6 Å². The van der Waals surface area contributed by atoms with E-state index in [4.69, 9.17) is 0 Å². The van der Waals surface area contributed by atoms with Crippen molar-refractivity contribution in [2.75, 3.05) is 0 Å². The van der Waals surface area contributed by atoms with E-state index in [1.54, 1.807) is 29.5 Å². The van der Waals surface area contributed by atoms with Crippen LogP contribution in [0.4, 0.5) is 13.2 Å². The van der Waals surface area contributed by atoms with Gasteiger partial charge in [-0.1, -0.05) is 63.3 Å². The van der Waals surface area contributed by atoms with Gasteiger partial charge in [-0.25, -0.2) is 13.2 Å². The molecule has 1 atom stereocenters. The Morgan fingerprint density at radius 1 is 1.15 bits per heavy atom. The number of allylic oxidation sites excluding steroid dienone is 6. The van der Waals surface area contributed by atoms with Crippen molar-refractivity contribution in [2.24, 2.45) is 5.41 Å². The second-order valence-electron chi connectivity index (χ2n) is 5.49. The molecule has 0 aromatic heterocycles. The van der Waals surface area contributed by atoms with Crippen LogP contribution in [0.1, 0.15) is 47.5 Å². The fourth-order valence-electron chi connectivity index (χ4n) is 1.40. The fourth-order valence-corrected chi connectivity index (χ4v) is 2.51. The Bertz CT molecular complexity index is 429. The molecule has 0 bridgehead atoms. The molecule has 0 aromatic rings. The average molecular weight is 512 g/mol. The van der Waals surface area contributed by atoms with E-state index < -0.39 is 26.8 Å². The molecular formula is C15H21F3I2. The number of hydrogen-bond acceptors (Lipinski definition) is 0. The second-order valence-corrected chi connectivity index (χ2v) is 7.81. The number of alkyl halides is 1. The molecule has 0 aromatic carbocycles. The highest BCUT2D eigenvalue weighted by molar-refractivity contribution is 14.1. The minimum atomic E-state index is -0.950. The van der Waals surface area contributed by atoms with Crippen LogP contribution in [0.25, 0.3) is 0 Å². The first kappa shape index (κ1) is 20.5. The van der Waals surface area contributed by atoms with Gasteiger partial charge >= 0.3 is 0 Å². The highest BCUT2D eigenvalue weighted by Gasteiger charge is 2.30. The maximum absolute atomic E-state index is 14.4. The van der Waals surface area contributed by atoms with E-state index in [0.717, 1.165) is 0 Å². The summed E-state index contributed by atoms with van der Waals surface area (Å²) in [5.74, 6) is -2.20. The molecule has 116 valence electrons. The summed E-state index contributed by atoms with van der Waals surface area (Å²) in [6.45, 7) is 8.98. The molecule has 20 heavy (non-hydrogen) atoms. The van der Waals surface area contributed by atoms with E-state index in [0.29, 0.717) is 6.42 Å². The highest BCUT2D eigenvalue weighted by Crippen LogP contribution is 2.39. The predicted octanol–water partition coefficient (Wildman–Crippen LogP) is 7.35. The van der Waals surface area contributed by atoms with Crippen LogP contribution < -0.4 is 0 Å². The molecule has 0 fully saturated rings. The van der Waals surface area contributed by atoms with Crippen LogP contribution in [0.15, 0.2) is 32.7 Å². The first-order chi connectivity index (χ1) is 9.07. The largest absolute Gasteiger partial charge is 0.211 e. The van der Waals surface area contributed by atoms with Crippen LogP contribution in [0.3, 0.4) is 0 Å². The van der Waals surface area contributed by atoms with Crippen LogP contribution in [-0.4, -0.2) is 3.92 Å². The Morgan fingerprint density at radius 3 is 2.00 bits per heavy atom. The van der Waals surface area contributed by atoms with Crippen LogP contribution in [0.2, 0.25) is 0 Å². The van der Waals surface area contributed by atoms with Gasteiger partial charge in [-0.05, 0) is 40.8 Å². The molecule has 0 spiro atoms. The van der Waals surface area contributed by atoms with E-state index >= 15 is 0 Å². The van der Waals surface area contributed by atoms with Crippen molar-refractivity contribution < 1.29 is 13.2 Å². The molecule has 0 saturated heterocycles. The minimum absolute atomic E-state index is 0.0239. The smallest absolute Gasteiger partial charge is 0.163 e. The summed E-state index contributed by atoms with van der Waals surface area (Å²) >= 11 is 3.63. The zero-order valence-corrected chi connectivity index (χ0v) is 16.8. The van der Waals surface area contributed by atoms with Gasteiger partial charge in [0.05, 0.1) is 7.50 Å². The lowest BCUT2D eigenvalue weighted by Gasteiger charge is -2.24. The van der Waals surface area contributed by atoms with E-state index in [2.05, 4.69) is 0 Å². The summed E-state index contributed by atoms with van der Waals surface area (Å²) < 4.78 is 41.9. The Balaban J connectivity index is 5.82. The van der Waals surface area contributed by atoms with Crippen molar-refractivity contribution >= 4 is 45.2 Å². The van der Waals surface area contributed by atoms with E-state index in [9.17, 15) is 13.2 Å². The topological polar surface area (TPSA) is 0 Å². The van der Waals surface area contributed by atoms with Crippen molar-refractivity contribution in [3.05, 3.63) is 32.7 Å². The van der Waals surface area contributed by atoms with Crippen molar-refractivity contribution in [2.45, 2.75) is 51.4 Å². The number of halogens is 5. The molecule has 0 N–H and O–H groups in total. The van der Waals surface area contributed by atoms with Gasteiger partial charge in [0, 0.05) is 5.57 Å². The molecule has 0 rings (SSSR count). The zero-order valence-electron chi connectivity index (χ0n) is 12.5. The SMILES string of the molecule is CC/C=C(C(\F)=C(\F)[C@@H](I)C(C)(C)C)/C(I)=C(/F)CC. The molecule has 0 radical (unpaired) electrons. The molecule has 0 unspecified atom stereocenters. The lowest BCUT2D eigenvalue weighted by atomic mass is 9.90. The Hall–Kier alpha value is 0.470. The van der Waals surface area contributed by atoms with Crippen molar-refractivity contribution in [1.82, 2.24) is 0 Å². The lowest BCUT2D eigenvalue weighted by Crippen LogP contribution is -2.21. The third-order valence-electron chi connectivity index (χ3n) is 2.62. The maximum atomic E-state index is 14.4. The normalized spacial score (nSPS) is 17.6.